The first kappa shape index (κ1) is 18.6. The molecule has 0 atom stereocenters. The zero-order valence-corrected chi connectivity index (χ0v) is 18.0. The zero-order valence-electron chi connectivity index (χ0n) is 17.2. The summed E-state index contributed by atoms with van der Waals surface area (Å²) in [4.78, 5) is 11.1. The van der Waals surface area contributed by atoms with Crippen molar-refractivity contribution < 1.29 is 0 Å². The minimum absolute atomic E-state index is 0.280. The van der Waals surface area contributed by atoms with Crippen LogP contribution in [0, 0.1) is 19.3 Å². The lowest BCUT2D eigenvalue weighted by Crippen LogP contribution is -2.10. The normalized spacial score (nSPS) is 15.7. The Bertz CT molecular complexity index is 952. The third-order valence-electron chi connectivity index (χ3n) is 5.53. The average Bonchev–Trinajstić information content (AvgIpc) is 3.18. The molecule has 0 bridgehead atoms. The SMILES string of the molecule is Cc1cc(C)cc(-c2ncnc3c(C4CCCC4)c(CC(C)(C)C)sc23)c1. The Labute approximate surface area is 167 Å². The highest BCUT2D eigenvalue weighted by atomic mass is 32.1. The summed E-state index contributed by atoms with van der Waals surface area (Å²) in [7, 11) is 0. The monoisotopic (exact) mass is 378 g/mol. The summed E-state index contributed by atoms with van der Waals surface area (Å²) >= 11 is 1.95. The number of rotatable bonds is 3. The number of aromatic nitrogens is 2. The maximum absolute atomic E-state index is 4.81. The summed E-state index contributed by atoms with van der Waals surface area (Å²) in [5.41, 5.74) is 7.95. The summed E-state index contributed by atoms with van der Waals surface area (Å²) in [5.74, 6) is 0.679. The standard InChI is InChI=1S/C24H30N2S/c1-15-10-16(2)12-18(11-15)21-23-22(26-14-25-21)20(17-8-6-7-9-17)19(27-23)13-24(3,4)5/h10-12,14,17H,6-9,13H2,1-5H3. The van der Waals surface area contributed by atoms with Crippen molar-refractivity contribution in [2.45, 2.75) is 72.6 Å². The second-order valence-electron chi connectivity index (χ2n) is 9.43. The van der Waals surface area contributed by atoms with Gasteiger partial charge in [0.05, 0.1) is 15.9 Å². The van der Waals surface area contributed by atoms with Gasteiger partial charge in [0, 0.05) is 10.4 Å². The van der Waals surface area contributed by atoms with Crippen molar-refractivity contribution in [2.24, 2.45) is 5.41 Å². The molecule has 0 unspecified atom stereocenters. The first-order chi connectivity index (χ1) is 12.8. The molecule has 0 N–H and O–H groups in total. The molecule has 1 aromatic carbocycles. The molecule has 0 saturated heterocycles. The van der Waals surface area contributed by atoms with E-state index < -0.39 is 0 Å². The van der Waals surface area contributed by atoms with Crippen molar-refractivity contribution in [2.75, 3.05) is 0 Å². The molecule has 0 spiro atoms. The van der Waals surface area contributed by atoms with E-state index >= 15 is 0 Å². The number of hydrogen-bond donors (Lipinski definition) is 0. The van der Waals surface area contributed by atoms with Gasteiger partial charge >= 0.3 is 0 Å². The van der Waals surface area contributed by atoms with Crippen LogP contribution in [-0.2, 0) is 6.42 Å². The lowest BCUT2D eigenvalue weighted by atomic mass is 9.87. The molecule has 1 aliphatic carbocycles. The van der Waals surface area contributed by atoms with Gasteiger partial charge in [0.1, 0.15) is 6.33 Å². The number of benzene rings is 1. The first-order valence-corrected chi connectivity index (χ1v) is 11.0. The maximum atomic E-state index is 4.81. The highest BCUT2D eigenvalue weighted by Crippen LogP contribution is 2.46. The summed E-state index contributed by atoms with van der Waals surface area (Å²) in [6.45, 7) is 11.3. The Morgan fingerprint density at radius 1 is 1.00 bits per heavy atom. The summed E-state index contributed by atoms with van der Waals surface area (Å²) in [6.07, 6.45) is 8.23. The Kier molecular flexibility index (Phi) is 4.84. The summed E-state index contributed by atoms with van der Waals surface area (Å²) in [6, 6.07) is 6.74. The average molecular weight is 379 g/mol. The Morgan fingerprint density at radius 2 is 1.67 bits per heavy atom. The van der Waals surface area contributed by atoms with Crippen LogP contribution in [0.1, 0.15) is 73.9 Å². The van der Waals surface area contributed by atoms with Crippen molar-refractivity contribution in [1.82, 2.24) is 9.97 Å². The quantitative estimate of drug-likeness (QED) is 0.481. The molecule has 4 rings (SSSR count). The van der Waals surface area contributed by atoms with Crippen molar-refractivity contribution in [3.63, 3.8) is 0 Å². The van der Waals surface area contributed by atoms with Crippen LogP contribution in [0.3, 0.4) is 0 Å². The topological polar surface area (TPSA) is 25.8 Å². The van der Waals surface area contributed by atoms with Crippen molar-refractivity contribution >= 4 is 21.6 Å². The molecule has 2 nitrogen and oxygen atoms in total. The third kappa shape index (κ3) is 3.80. The predicted molar refractivity (Wildman–Crippen MR) is 117 cm³/mol. The highest BCUT2D eigenvalue weighted by molar-refractivity contribution is 7.19. The van der Waals surface area contributed by atoms with E-state index in [1.54, 1.807) is 6.33 Å². The van der Waals surface area contributed by atoms with Crippen LogP contribution < -0.4 is 0 Å². The molecule has 0 aliphatic heterocycles. The first-order valence-electron chi connectivity index (χ1n) is 10.2. The van der Waals surface area contributed by atoms with Crippen LogP contribution in [0.15, 0.2) is 24.5 Å². The largest absolute Gasteiger partial charge is 0.235 e. The fraction of sp³-hybridized carbons (Fsp3) is 0.500. The van der Waals surface area contributed by atoms with E-state index in [0.717, 1.165) is 12.1 Å². The second kappa shape index (κ2) is 7.01. The Balaban J connectivity index is 1.93. The van der Waals surface area contributed by atoms with Gasteiger partial charge in [-0.15, -0.1) is 11.3 Å². The minimum Gasteiger partial charge on any atom is -0.235 e. The van der Waals surface area contributed by atoms with Crippen LogP contribution in [0.4, 0.5) is 0 Å². The number of nitrogens with zero attached hydrogens (tertiary/aromatic N) is 2. The van der Waals surface area contributed by atoms with E-state index in [1.807, 2.05) is 11.3 Å². The van der Waals surface area contributed by atoms with Crippen molar-refractivity contribution in [3.8, 4) is 11.3 Å². The van der Waals surface area contributed by atoms with Crippen LogP contribution in [0.5, 0.6) is 0 Å². The van der Waals surface area contributed by atoms with Gasteiger partial charge in [0.25, 0.3) is 0 Å². The zero-order chi connectivity index (χ0) is 19.2. The molecular formula is C24H30N2S. The van der Waals surface area contributed by atoms with E-state index in [4.69, 9.17) is 9.97 Å². The van der Waals surface area contributed by atoms with Gasteiger partial charge in [-0.25, -0.2) is 9.97 Å². The molecule has 3 aromatic rings. The molecule has 0 amide bonds. The van der Waals surface area contributed by atoms with E-state index in [-0.39, 0.29) is 5.41 Å². The number of aryl methyl sites for hydroxylation is 2. The maximum Gasteiger partial charge on any atom is 0.116 e. The number of thiophene rings is 1. The van der Waals surface area contributed by atoms with Gasteiger partial charge in [0.2, 0.25) is 0 Å². The highest BCUT2D eigenvalue weighted by Gasteiger charge is 2.28. The van der Waals surface area contributed by atoms with Gasteiger partial charge in [0.15, 0.2) is 0 Å². The van der Waals surface area contributed by atoms with E-state index in [9.17, 15) is 0 Å². The summed E-state index contributed by atoms with van der Waals surface area (Å²) in [5, 5.41) is 0. The van der Waals surface area contributed by atoms with Crippen LogP contribution in [-0.4, -0.2) is 9.97 Å². The van der Waals surface area contributed by atoms with Crippen LogP contribution in [0.25, 0.3) is 21.5 Å². The van der Waals surface area contributed by atoms with Crippen LogP contribution in [0.2, 0.25) is 0 Å². The smallest absolute Gasteiger partial charge is 0.116 e. The Hall–Kier alpha value is -1.74. The third-order valence-corrected chi connectivity index (χ3v) is 6.74. The van der Waals surface area contributed by atoms with Crippen molar-refractivity contribution in [3.05, 3.63) is 46.1 Å². The second-order valence-corrected chi connectivity index (χ2v) is 10.5. The molecule has 1 fully saturated rings. The van der Waals surface area contributed by atoms with Crippen molar-refractivity contribution in [1.29, 1.82) is 0 Å². The van der Waals surface area contributed by atoms with E-state index in [1.165, 1.54) is 63.0 Å². The summed E-state index contributed by atoms with van der Waals surface area (Å²) < 4.78 is 1.28. The molecule has 1 saturated carbocycles. The molecule has 27 heavy (non-hydrogen) atoms. The van der Waals surface area contributed by atoms with Gasteiger partial charge in [-0.3, -0.25) is 0 Å². The lowest BCUT2D eigenvalue weighted by molar-refractivity contribution is 0.412. The van der Waals surface area contributed by atoms with Crippen LogP contribution >= 0.6 is 11.3 Å². The van der Waals surface area contributed by atoms with Gasteiger partial charge in [-0.1, -0.05) is 50.8 Å². The number of hydrogen-bond acceptors (Lipinski definition) is 3. The molecule has 0 radical (unpaired) electrons. The molecular weight excluding hydrogens is 348 g/mol. The van der Waals surface area contributed by atoms with Gasteiger partial charge in [-0.05, 0) is 62.1 Å². The van der Waals surface area contributed by atoms with E-state index in [0.29, 0.717) is 5.92 Å². The predicted octanol–water partition coefficient (Wildman–Crippen LogP) is 7.22. The molecule has 2 heterocycles. The van der Waals surface area contributed by atoms with Gasteiger partial charge in [-0.2, -0.15) is 0 Å². The fourth-order valence-corrected chi connectivity index (χ4v) is 6.19. The molecule has 1 aliphatic rings. The lowest BCUT2D eigenvalue weighted by Gasteiger charge is -2.19. The van der Waals surface area contributed by atoms with E-state index in [2.05, 4.69) is 52.8 Å². The number of fused-ring (bicyclic) bond motifs is 1. The Morgan fingerprint density at radius 3 is 2.30 bits per heavy atom. The van der Waals surface area contributed by atoms with Gasteiger partial charge < -0.3 is 0 Å². The fourth-order valence-electron chi connectivity index (χ4n) is 4.54. The molecule has 142 valence electrons. The molecule has 2 aromatic heterocycles. The minimum atomic E-state index is 0.280. The molecule has 3 heteroatoms.